The minimum atomic E-state index is 0.420. The second-order valence-electron chi connectivity index (χ2n) is 5.72. The van der Waals surface area contributed by atoms with Crippen LogP contribution in [0.5, 0.6) is 5.75 Å². The second-order valence-corrected chi connectivity index (χ2v) is 6.12. The molecule has 106 valence electrons. The summed E-state index contributed by atoms with van der Waals surface area (Å²) in [5.41, 5.74) is 3.71. The molecule has 1 atom stereocenters. The van der Waals surface area contributed by atoms with Crippen molar-refractivity contribution < 1.29 is 4.74 Å². The Morgan fingerprint density at radius 3 is 2.68 bits per heavy atom. The highest BCUT2D eigenvalue weighted by Gasteiger charge is 2.25. The molecule has 0 spiro atoms. The summed E-state index contributed by atoms with van der Waals surface area (Å²) in [6.45, 7) is 8.63. The number of rotatable bonds is 3. The molecule has 1 aromatic carbocycles. The highest BCUT2D eigenvalue weighted by atomic mass is 35.5. The fraction of sp³-hybridized carbons (Fsp3) is 0.625. The van der Waals surface area contributed by atoms with Gasteiger partial charge in [-0.15, -0.1) is 0 Å². The van der Waals surface area contributed by atoms with Gasteiger partial charge in [0.1, 0.15) is 5.75 Å². The zero-order valence-electron chi connectivity index (χ0n) is 12.3. The third kappa shape index (κ3) is 2.90. The molecule has 1 aromatic rings. The highest BCUT2D eigenvalue weighted by Crippen LogP contribution is 2.42. The molecule has 0 radical (unpaired) electrons. The third-order valence-corrected chi connectivity index (χ3v) is 4.48. The number of methoxy groups -OCH3 is 1. The van der Waals surface area contributed by atoms with E-state index in [4.69, 9.17) is 16.3 Å². The van der Waals surface area contributed by atoms with Crippen molar-refractivity contribution in [3.05, 3.63) is 27.8 Å². The summed E-state index contributed by atoms with van der Waals surface area (Å²) in [6, 6.07) is 2.07. The zero-order chi connectivity index (χ0) is 14.0. The Hall–Kier alpha value is -0.730. The Morgan fingerprint density at radius 1 is 1.42 bits per heavy atom. The summed E-state index contributed by atoms with van der Waals surface area (Å²) >= 11 is 6.44. The summed E-state index contributed by atoms with van der Waals surface area (Å²) in [5.74, 6) is 1.98. The molecule has 0 bridgehead atoms. The van der Waals surface area contributed by atoms with Gasteiger partial charge in [0.05, 0.1) is 7.11 Å². The van der Waals surface area contributed by atoms with E-state index in [0.717, 1.165) is 23.9 Å². The van der Waals surface area contributed by atoms with Crippen molar-refractivity contribution in [1.82, 2.24) is 5.32 Å². The van der Waals surface area contributed by atoms with Crippen molar-refractivity contribution >= 4 is 11.6 Å². The van der Waals surface area contributed by atoms with Crippen LogP contribution in [0.15, 0.2) is 6.07 Å². The first-order valence-corrected chi connectivity index (χ1v) is 7.51. The van der Waals surface area contributed by atoms with E-state index in [9.17, 15) is 0 Å². The number of hydrogen-bond donors (Lipinski definition) is 1. The summed E-state index contributed by atoms with van der Waals surface area (Å²) in [6.07, 6.45) is 2.43. The number of piperidine rings is 1. The van der Waals surface area contributed by atoms with Crippen molar-refractivity contribution in [2.45, 2.75) is 45.4 Å². The van der Waals surface area contributed by atoms with Crippen LogP contribution in [0.4, 0.5) is 0 Å². The molecular formula is C16H24ClNO. The van der Waals surface area contributed by atoms with Crippen molar-refractivity contribution in [2.24, 2.45) is 0 Å². The van der Waals surface area contributed by atoms with Gasteiger partial charge in [0.15, 0.2) is 0 Å². The second kappa shape index (κ2) is 6.15. The van der Waals surface area contributed by atoms with Crippen LogP contribution in [0.1, 0.15) is 55.2 Å². The van der Waals surface area contributed by atoms with Crippen molar-refractivity contribution in [2.75, 3.05) is 20.2 Å². The van der Waals surface area contributed by atoms with Crippen molar-refractivity contribution in [3.8, 4) is 5.75 Å². The maximum atomic E-state index is 6.44. The molecule has 1 fully saturated rings. The van der Waals surface area contributed by atoms with Gasteiger partial charge in [-0.2, -0.15) is 0 Å². The SMILES string of the molecule is COc1c(C(C)C)cc(Cl)c(C)c1C1CCCNC1. The number of halogens is 1. The first kappa shape index (κ1) is 14.7. The van der Waals surface area contributed by atoms with Gasteiger partial charge in [-0.05, 0) is 49.4 Å². The molecule has 1 aliphatic rings. The van der Waals surface area contributed by atoms with Gasteiger partial charge < -0.3 is 10.1 Å². The molecule has 3 heteroatoms. The number of benzene rings is 1. The standard InChI is InChI=1S/C16H24ClNO/c1-10(2)13-8-14(17)11(3)15(16(13)19-4)12-6-5-7-18-9-12/h8,10,12,18H,5-7,9H2,1-4H3. The van der Waals surface area contributed by atoms with Gasteiger partial charge in [0.2, 0.25) is 0 Å². The number of nitrogens with one attached hydrogen (secondary N) is 1. The van der Waals surface area contributed by atoms with Crippen molar-refractivity contribution in [1.29, 1.82) is 0 Å². The first-order valence-electron chi connectivity index (χ1n) is 7.13. The molecule has 1 heterocycles. The predicted octanol–water partition coefficient (Wildman–Crippen LogP) is 4.25. The lowest BCUT2D eigenvalue weighted by atomic mass is 9.85. The van der Waals surface area contributed by atoms with E-state index in [-0.39, 0.29) is 0 Å². The van der Waals surface area contributed by atoms with E-state index in [1.54, 1.807) is 7.11 Å². The summed E-state index contributed by atoms with van der Waals surface area (Å²) in [7, 11) is 1.77. The van der Waals surface area contributed by atoms with Crippen LogP contribution in [0, 0.1) is 6.92 Å². The summed E-state index contributed by atoms with van der Waals surface area (Å²) < 4.78 is 5.74. The van der Waals surface area contributed by atoms with Gasteiger partial charge in [0.25, 0.3) is 0 Å². The van der Waals surface area contributed by atoms with Crippen LogP contribution >= 0.6 is 11.6 Å². The van der Waals surface area contributed by atoms with E-state index >= 15 is 0 Å². The van der Waals surface area contributed by atoms with E-state index < -0.39 is 0 Å². The van der Waals surface area contributed by atoms with Crippen LogP contribution in [0.3, 0.4) is 0 Å². The maximum absolute atomic E-state index is 6.44. The van der Waals surface area contributed by atoms with Gasteiger partial charge in [-0.3, -0.25) is 0 Å². The minimum absolute atomic E-state index is 0.420. The summed E-state index contributed by atoms with van der Waals surface area (Å²) in [4.78, 5) is 0. The molecule has 0 aliphatic carbocycles. The lowest BCUT2D eigenvalue weighted by Crippen LogP contribution is -2.29. The van der Waals surface area contributed by atoms with E-state index in [1.165, 1.54) is 29.5 Å². The van der Waals surface area contributed by atoms with Gasteiger partial charge in [0, 0.05) is 23.0 Å². The van der Waals surface area contributed by atoms with Gasteiger partial charge in [-0.25, -0.2) is 0 Å². The first-order chi connectivity index (χ1) is 9.06. The molecular weight excluding hydrogens is 258 g/mol. The van der Waals surface area contributed by atoms with Gasteiger partial charge >= 0.3 is 0 Å². The Balaban J connectivity index is 2.55. The lowest BCUT2D eigenvalue weighted by molar-refractivity contribution is 0.385. The monoisotopic (exact) mass is 281 g/mol. The number of hydrogen-bond acceptors (Lipinski definition) is 2. The molecule has 2 rings (SSSR count). The molecule has 0 amide bonds. The summed E-state index contributed by atoms with van der Waals surface area (Å²) in [5, 5.41) is 4.35. The Kier molecular flexibility index (Phi) is 4.75. The quantitative estimate of drug-likeness (QED) is 0.894. The Bertz CT molecular complexity index is 451. The van der Waals surface area contributed by atoms with Crippen LogP contribution in [0.25, 0.3) is 0 Å². The minimum Gasteiger partial charge on any atom is -0.496 e. The average molecular weight is 282 g/mol. The topological polar surface area (TPSA) is 21.3 Å². The molecule has 1 unspecified atom stereocenters. The smallest absolute Gasteiger partial charge is 0.126 e. The normalized spacial score (nSPS) is 19.8. The molecule has 0 saturated carbocycles. The molecule has 1 saturated heterocycles. The largest absolute Gasteiger partial charge is 0.496 e. The molecule has 2 nitrogen and oxygen atoms in total. The van der Waals surface area contributed by atoms with E-state index in [1.807, 2.05) is 0 Å². The third-order valence-electron chi connectivity index (χ3n) is 4.08. The maximum Gasteiger partial charge on any atom is 0.126 e. The fourth-order valence-corrected chi connectivity index (χ4v) is 3.23. The van der Waals surface area contributed by atoms with Crippen LogP contribution in [-0.4, -0.2) is 20.2 Å². The zero-order valence-corrected chi connectivity index (χ0v) is 13.1. The predicted molar refractivity (Wildman–Crippen MR) is 81.7 cm³/mol. The Morgan fingerprint density at radius 2 is 2.16 bits per heavy atom. The molecule has 19 heavy (non-hydrogen) atoms. The fourth-order valence-electron chi connectivity index (χ4n) is 3.01. The van der Waals surface area contributed by atoms with Gasteiger partial charge in [-0.1, -0.05) is 25.4 Å². The van der Waals surface area contributed by atoms with E-state index in [0.29, 0.717) is 11.8 Å². The highest BCUT2D eigenvalue weighted by molar-refractivity contribution is 6.31. The number of ether oxygens (including phenoxy) is 1. The molecule has 1 N–H and O–H groups in total. The van der Waals surface area contributed by atoms with Crippen LogP contribution in [0.2, 0.25) is 5.02 Å². The van der Waals surface area contributed by atoms with E-state index in [2.05, 4.69) is 32.2 Å². The average Bonchev–Trinajstić information content (AvgIpc) is 2.41. The van der Waals surface area contributed by atoms with Crippen molar-refractivity contribution in [3.63, 3.8) is 0 Å². The molecule has 0 aromatic heterocycles. The van der Waals surface area contributed by atoms with Crippen LogP contribution < -0.4 is 10.1 Å². The Labute approximate surface area is 121 Å². The lowest BCUT2D eigenvalue weighted by Gasteiger charge is -2.28. The molecule has 1 aliphatic heterocycles. The van der Waals surface area contributed by atoms with Crippen LogP contribution in [-0.2, 0) is 0 Å².